The number of hydrogen-bond acceptors (Lipinski definition) is 6. The van der Waals surface area contributed by atoms with Gasteiger partial charge in [-0.25, -0.2) is 4.98 Å². The normalized spacial score (nSPS) is 16.4. The van der Waals surface area contributed by atoms with Gasteiger partial charge in [-0.05, 0) is 57.4 Å². The summed E-state index contributed by atoms with van der Waals surface area (Å²) in [5.74, 6) is 0.602. The monoisotopic (exact) mass is 502 g/mol. The molecule has 1 amide bonds. The maximum atomic E-state index is 12.4. The van der Waals surface area contributed by atoms with E-state index in [1.807, 2.05) is 25.7 Å². The van der Waals surface area contributed by atoms with Crippen LogP contribution in [0.3, 0.4) is 0 Å². The van der Waals surface area contributed by atoms with E-state index in [4.69, 9.17) is 0 Å². The SMILES string of the molecule is C/C=C/C(=O)N1CCN(C(CC)c2ccc(C(C)Nc3ncc4ccc(=O)n(C(C)C)c4n3)cc2)CC1. The first-order valence-electron chi connectivity index (χ1n) is 13.2. The molecule has 8 heteroatoms. The summed E-state index contributed by atoms with van der Waals surface area (Å²) in [5, 5.41) is 4.24. The Kier molecular flexibility index (Phi) is 8.38. The Morgan fingerprint density at radius 1 is 1.03 bits per heavy atom. The fraction of sp³-hybridized carbons (Fsp3) is 0.448. The van der Waals surface area contributed by atoms with Gasteiger partial charge in [-0.1, -0.05) is 37.3 Å². The van der Waals surface area contributed by atoms with Crippen LogP contribution in [0.5, 0.6) is 0 Å². The van der Waals surface area contributed by atoms with Crippen LogP contribution in [0.15, 0.2) is 59.5 Å². The lowest BCUT2D eigenvalue weighted by atomic mass is 9.98. The first kappa shape index (κ1) is 26.5. The maximum absolute atomic E-state index is 12.4. The molecule has 37 heavy (non-hydrogen) atoms. The Morgan fingerprint density at radius 3 is 2.32 bits per heavy atom. The van der Waals surface area contributed by atoms with E-state index in [9.17, 15) is 9.59 Å². The lowest BCUT2D eigenvalue weighted by Crippen LogP contribution is -2.49. The highest BCUT2D eigenvalue weighted by atomic mass is 16.2. The van der Waals surface area contributed by atoms with Gasteiger partial charge in [0.05, 0.1) is 6.04 Å². The van der Waals surface area contributed by atoms with E-state index in [1.165, 1.54) is 5.56 Å². The molecule has 0 aliphatic carbocycles. The number of carbonyl (C=O) groups is 1. The van der Waals surface area contributed by atoms with Crippen LogP contribution < -0.4 is 10.9 Å². The first-order chi connectivity index (χ1) is 17.8. The van der Waals surface area contributed by atoms with Crippen molar-refractivity contribution in [2.24, 2.45) is 0 Å². The fourth-order valence-corrected chi connectivity index (χ4v) is 5.10. The third kappa shape index (κ3) is 5.91. The molecule has 1 N–H and O–H groups in total. The van der Waals surface area contributed by atoms with Crippen LogP contribution in [0, 0.1) is 0 Å². The number of aromatic nitrogens is 3. The number of allylic oxidation sites excluding steroid dienone is 1. The summed E-state index contributed by atoms with van der Waals surface area (Å²) in [6, 6.07) is 12.4. The van der Waals surface area contributed by atoms with Crippen LogP contribution in [0.2, 0.25) is 0 Å². The lowest BCUT2D eigenvalue weighted by Gasteiger charge is -2.39. The number of fused-ring (bicyclic) bond motifs is 1. The zero-order valence-electron chi connectivity index (χ0n) is 22.5. The van der Waals surface area contributed by atoms with Crippen LogP contribution in [-0.2, 0) is 4.79 Å². The van der Waals surface area contributed by atoms with Crippen molar-refractivity contribution in [1.29, 1.82) is 0 Å². The number of carbonyl (C=O) groups excluding carboxylic acids is 1. The molecule has 2 unspecified atom stereocenters. The molecule has 3 heterocycles. The number of anilines is 1. The smallest absolute Gasteiger partial charge is 0.252 e. The van der Waals surface area contributed by atoms with Crippen molar-refractivity contribution in [3.63, 3.8) is 0 Å². The zero-order chi connectivity index (χ0) is 26.5. The van der Waals surface area contributed by atoms with Gasteiger partial charge >= 0.3 is 0 Å². The van der Waals surface area contributed by atoms with Crippen molar-refractivity contribution in [2.45, 2.75) is 59.2 Å². The summed E-state index contributed by atoms with van der Waals surface area (Å²) in [6.07, 6.45) is 6.22. The average Bonchev–Trinajstić information content (AvgIpc) is 2.89. The van der Waals surface area contributed by atoms with Crippen molar-refractivity contribution in [2.75, 3.05) is 31.5 Å². The fourth-order valence-electron chi connectivity index (χ4n) is 5.10. The molecule has 1 saturated heterocycles. The molecular formula is C29H38N6O2. The number of hydrogen-bond donors (Lipinski definition) is 1. The quantitative estimate of drug-likeness (QED) is 0.449. The van der Waals surface area contributed by atoms with Crippen molar-refractivity contribution in [3.05, 3.63) is 76.2 Å². The second-order valence-corrected chi connectivity index (χ2v) is 9.93. The molecule has 2 atom stereocenters. The minimum Gasteiger partial charge on any atom is -0.348 e. The summed E-state index contributed by atoms with van der Waals surface area (Å²) < 4.78 is 1.70. The van der Waals surface area contributed by atoms with E-state index >= 15 is 0 Å². The minimum atomic E-state index is -0.0629. The second-order valence-electron chi connectivity index (χ2n) is 9.93. The van der Waals surface area contributed by atoms with Crippen LogP contribution in [0.25, 0.3) is 11.0 Å². The van der Waals surface area contributed by atoms with E-state index in [1.54, 1.807) is 35.0 Å². The van der Waals surface area contributed by atoms with E-state index < -0.39 is 0 Å². The Bertz CT molecular complexity index is 1310. The molecule has 1 aliphatic heterocycles. The van der Waals surface area contributed by atoms with Crippen molar-refractivity contribution >= 4 is 22.9 Å². The van der Waals surface area contributed by atoms with E-state index in [2.05, 4.69) is 58.3 Å². The minimum absolute atomic E-state index is 0.00399. The van der Waals surface area contributed by atoms with Crippen LogP contribution >= 0.6 is 0 Å². The largest absolute Gasteiger partial charge is 0.348 e. The summed E-state index contributed by atoms with van der Waals surface area (Å²) in [4.78, 5) is 38.1. The van der Waals surface area contributed by atoms with E-state index in [0.717, 1.165) is 43.5 Å². The summed E-state index contributed by atoms with van der Waals surface area (Å²) in [5.41, 5.74) is 3.00. The Labute approximate surface area is 219 Å². The van der Waals surface area contributed by atoms with Crippen molar-refractivity contribution < 1.29 is 4.79 Å². The molecule has 2 aromatic heterocycles. The Balaban J connectivity index is 1.45. The van der Waals surface area contributed by atoms with Crippen LogP contribution in [-0.4, -0.2) is 56.4 Å². The molecular weight excluding hydrogens is 464 g/mol. The van der Waals surface area contributed by atoms with E-state index in [-0.39, 0.29) is 23.6 Å². The second kappa shape index (κ2) is 11.7. The molecule has 196 valence electrons. The summed E-state index contributed by atoms with van der Waals surface area (Å²) in [6.45, 7) is 13.4. The topological polar surface area (TPSA) is 83.4 Å². The van der Waals surface area contributed by atoms with Gasteiger partial charge in [0.25, 0.3) is 5.56 Å². The molecule has 8 nitrogen and oxygen atoms in total. The van der Waals surface area contributed by atoms with Crippen molar-refractivity contribution in [3.8, 4) is 0 Å². The molecule has 0 saturated carbocycles. The van der Waals surface area contributed by atoms with Gasteiger partial charge in [-0.3, -0.25) is 19.1 Å². The van der Waals surface area contributed by atoms with E-state index in [0.29, 0.717) is 17.6 Å². The Morgan fingerprint density at radius 2 is 1.70 bits per heavy atom. The molecule has 1 aliphatic rings. The molecule has 3 aromatic rings. The van der Waals surface area contributed by atoms with Gasteiger partial charge in [-0.15, -0.1) is 0 Å². The van der Waals surface area contributed by atoms with Gasteiger partial charge < -0.3 is 10.2 Å². The number of piperazine rings is 1. The third-order valence-electron chi connectivity index (χ3n) is 7.11. The third-order valence-corrected chi connectivity index (χ3v) is 7.11. The average molecular weight is 503 g/mol. The van der Waals surface area contributed by atoms with Crippen molar-refractivity contribution in [1.82, 2.24) is 24.3 Å². The number of benzene rings is 1. The highest BCUT2D eigenvalue weighted by Crippen LogP contribution is 2.27. The number of pyridine rings is 1. The van der Waals surface area contributed by atoms with Gasteiger partial charge in [0.1, 0.15) is 5.65 Å². The van der Waals surface area contributed by atoms with Gasteiger partial charge in [0.2, 0.25) is 11.9 Å². The molecule has 0 bridgehead atoms. The lowest BCUT2D eigenvalue weighted by molar-refractivity contribution is -0.128. The Hall–Kier alpha value is -3.52. The first-order valence-corrected chi connectivity index (χ1v) is 13.2. The number of rotatable bonds is 8. The summed E-state index contributed by atoms with van der Waals surface area (Å²) in [7, 11) is 0. The molecule has 0 radical (unpaired) electrons. The number of amides is 1. The molecule has 1 fully saturated rings. The number of nitrogens with one attached hydrogen (secondary N) is 1. The predicted octanol–water partition coefficient (Wildman–Crippen LogP) is 4.72. The predicted molar refractivity (Wildman–Crippen MR) is 149 cm³/mol. The molecule has 0 spiro atoms. The number of nitrogens with zero attached hydrogens (tertiary/aromatic N) is 5. The van der Waals surface area contributed by atoms with Crippen LogP contribution in [0.4, 0.5) is 5.95 Å². The van der Waals surface area contributed by atoms with Gasteiger partial charge in [-0.2, -0.15) is 4.98 Å². The zero-order valence-corrected chi connectivity index (χ0v) is 22.5. The summed E-state index contributed by atoms with van der Waals surface area (Å²) >= 11 is 0. The van der Waals surface area contributed by atoms with Gasteiger partial charge in [0, 0.05) is 55.9 Å². The van der Waals surface area contributed by atoms with Crippen LogP contribution in [0.1, 0.15) is 70.3 Å². The highest BCUT2D eigenvalue weighted by molar-refractivity contribution is 5.87. The maximum Gasteiger partial charge on any atom is 0.252 e. The highest BCUT2D eigenvalue weighted by Gasteiger charge is 2.25. The molecule has 4 rings (SSSR count). The van der Waals surface area contributed by atoms with Gasteiger partial charge in [0.15, 0.2) is 0 Å². The molecule has 1 aromatic carbocycles. The standard InChI is InChI=1S/C29H38N6O2/c1-6-8-26(36)34-17-15-33(16-18-34)25(7-2)23-11-9-22(10-12-23)21(5)31-29-30-19-24-13-14-27(37)35(20(3)4)28(24)32-29/h6,8-14,19-21,25H,7,15-18H2,1-5H3,(H,30,31,32)/b8-6+.